The lowest BCUT2D eigenvalue weighted by Gasteiger charge is -2.13. The Morgan fingerprint density at radius 3 is 2.53 bits per heavy atom. The molecule has 0 aliphatic heterocycles. The molecule has 0 aliphatic rings. The standard InChI is InChI=1S/C12H10BrCl2NO/c1-7(11-4-5-12(13)17-11)16-8-2-3-9(14)10(15)6-8/h2-7,16H,1H3. The molecule has 90 valence electrons. The summed E-state index contributed by atoms with van der Waals surface area (Å²) in [5, 5.41) is 4.36. The minimum absolute atomic E-state index is 0.0542. The van der Waals surface area contributed by atoms with Crippen LogP contribution in [0.25, 0.3) is 0 Å². The third-order valence-electron chi connectivity index (χ3n) is 2.32. The average molecular weight is 335 g/mol. The van der Waals surface area contributed by atoms with Crippen molar-refractivity contribution < 1.29 is 4.42 Å². The summed E-state index contributed by atoms with van der Waals surface area (Å²) in [4.78, 5) is 0. The van der Waals surface area contributed by atoms with Gasteiger partial charge in [-0.3, -0.25) is 0 Å². The van der Waals surface area contributed by atoms with E-state index in [0.29, 0.717) is 10.0 Å². The Hall–Kier alpha value is -0.640. The largest absolute Gasteiger partial charge is 0.452 e. The van der Waals surface area contributed by atoms with Gasteiger partial charge in [0, 0.05) is 5.69 Å². The van der Waals surface area contributed by atoms with Crippen LogP contribution in [0.2, 0.25) is 10.0 Å². The van der Waals surface area contributed by atoms with Gasteiger partial charge in [0.05, 0.1) is 16.1 Å². The first-order valence-electron chi connectivity index (χ1n) is 5.03. The lowest BCUT2D eigenvalue weighted by atomic mass is 10.2. The molecule has 2 aromatic rings. The average Bonchev–Trinajstić information content (AvgIpc) is 2.70. The second kappa shape index (κ2) is 5.34. The Labute approximate surface area is 118 Å². The van der Waals surface area contributed by atoms with Crippen molar-refractivity contribution in [3.05, 3.63) is 50.8 Å². The number of benzene rings is 1. The van der Waals surface area contributed by atoms with Gasteiger partial charge in [-0.05, 0) is 53.2 Å². The zero-order chi connectivity index (χ0) is 12.4. The third-order valence-corrected chi connectivity index (χ3v) is 3.49. The molecule has 2 rings (SSSR count). The first-order chi connectivity index (χ1) is 8.06. The molecular formula is C12H10BrCl2NO. The van der Waals surface area contributed by atoms with Crippen LogP contribution in [0.5, 0.6) is 0 Å². The molecule has 1 aromatic heterocycles. The van der Waals surface area contributed by atoms with Gasteiger partial charge in [-0.15, -0.1) is 0 Å². The fourth-order valence-corrected chi connectivity index (χ4v) is 2.09. The van der Waals surface area contributed by atoms with Crippen molar-refractivity contribution in [2.75, 3.05) is 5.32 Å². The topological polar surface area (TPSA) is 25.2 Å². The molecule has 1 aromatic carbocycles. The Kier molecular flexibility index (Phi) is 4.02. The van der Waals surface area contributed by atoms with E-state index < -0.39 is 0 Å². The second-order valence-corrected chi connectivity index (χ2v) is 5.23. The van der Waals surface area contributed by atoms with E-state index in [4.69, 9.17) is 27.6 Å². The molecule has 0 radical (unpaired) electrons. The molecule has 5 heteroatoms. The smallest absolute Gasteiger partial charge is 0.169 e. The molecule has 2 nitrogen and oxygen atoms in total. The molecule has 0 saturated heterocycles. The van der Waals surface area contributed by atoms with E-state index in [2.05, 4.69) is 21.2 Å². The Morgan fingerprint density at radius 2 is 1.94 bits per heavy atom. The first kappa shape index (κ1) is 12.8. The van der Waals surface area contributed by atoms with E-state index in [1.807, 2.05) is 25.1 Å². The summed E-state index contributed by atoms with van der Waals surface area (Å²) in [6.07, 6.45) is 0. The van der Waals surface area contributed by atoms with Gasteiger partial charge in [-0.25, -0.2) is 0 Å². The zero-order valence-corrected chi connectivity index (χ0v) is 12.1. The molecule has 0 spiro atoms. The van der Waals surface area contributed by atoms with Gasteiger partial charge >= 0.3 is 0 Å². The molecule has 1 unspecified atom stereocenters. The summed E-state index contributed by atoms with van der Waals surface area (Å²) < 4.78 is 6.18. The van der Waals surface area contributed by atoms with Gasteiger partial charge in [0.1, 0.15) is 5.76 Å². The van der Waals surface area contributed by atoms with Crippen molar-refractivity contribution in [1.82, 2.24) is 0 Å². The molecule has 0 saturated carbocycles. The minimum atomic E-state index is 0.0542. The van der Waals surface area contributed by atoms with Crippen molar-refractivity contribution in [2.24, 2.45) is 0 Å². The lowest BCUT2D eigenvalue weighted by Crippen LogP contribution is -2.05. The van der Waals surface area contributed by atoms with Crippen LogP contribution in [0, 0.1) is 0 Å². The normalized spacial score (nSPS) is 12.5. The van der Waals surface area contributed by atoms with Gasteiger partial charge in [0.2, 0.25) is 0 Å². The summed E-state index contributed by atoms with van der Waals surface area (Å²) in [5.41, 5.74) is 0.902. The first-order valence-corrected chi connectivity index (χ1v) is 6.58. The number of rotatable bonds is 3. The molecule has 0 amide bonds. The van der Waals surface area contributed by atoms with Gasteiger partial charge in [-0.1, -0.05) is 23.2 Å². The van der Waals surface area contributed by atoms with Crippen LogP contribution in [0.1, 0.15) is 18.7 Å². The van der Waals surface area contributed by atoms with E-state index in [-0.39, 0.29) is 6.04 Å². The summed E-state index contributed by atoms with van der Waals surface area (Å²) >= 11 is 15.1. The van der Waals surface area contributed by atoms with Crippen molar-refractivity contribution in [1.29, 1.82) is 0 Å². The highest BCUT2D eigenvalue weighted by atomic mass is 79.9. The van der Waals surface area contributed by atoms with Crippen molar-refractivity contribution >= 4 is 44.8 Å². The third kappa shape index (κ3) is 3.18. The molecule has 17 heavy (non-hydrogen) atoms. The van der Waals surface area contributed by atoms with Crippen molar-refractivity contribution in [3.63, 3.8) is 0 Å². The van der Waals surface area contributed by atoms with Crippen LogP contribution in [0.4, 0.5) is 5.69 Å². The zero-order valence-electron chi connectivity index (χ0n) is 9.01. The molecule has 0 bridgehead atoms. The number of hydrogen-bond donors (Lipinski definition) is 1. The monoisotopic (exact) mass is 333 g/mol. The van der Waals surface area contributed by atoms with Gasteiger partial charge in [0.25, 0.3) is 0 Å². The van der Waals surface area contributed by atoms with Crippen LogP contribution < -0.4 is 5.32 Å². The van der Waals surface area contributed by atoms with Gasteiger partial charge in [-0.2, -0.15) is 0 Å². The number of furan rings is 1. The summed E-state index contributed by atoms with van der Waals surface area (Å²) in [6, 6.07) is 9.26. The minimum Gasteiger partial charge on any atom is -0.452 e. The maximum Gasteiger partial charge on any atom is 0.169 e. The number of halogens is 3. The molecule has 1 heterocycles. The van der Waals surface area contributed by atoms with Crippen LogP contribution in [0.15, 0.2) is 39.4 Å². The van der Waals surface area contributed by atoms with E-state index >= 15 is 0 Å². The highest BCUT2D eigenvalue weighted by Crippen LogP contribution is 2.28. The molecule has 0 fully saturated rings. The Morgan fingerprint density at radius 1 is 1.18 bits per heavy atom. The second-order valence-electron chi connectivity index (χ2n) is 3.64. The molecule has 1 atom stereocenters. The fraction of sp³-hybridized carbons (Fsp3) is 0.167. The maximum atomic E-state index is 5.94. The van der Waals surface area contributed by atoms with Crippen LogP contribution in [-0.4, -0.2) is 0 Å². The van der Waals surface area contributed by atoms with E-state index in [0.717, 1.165) is 16.1 Å². The number of nitrogens with one attached hydrogen (secondary N) is 1. The van der Waals surface area contributed by atoms with E-state index in [9.17, 15) is 0 Å². The summed E-state index contributed by atoms with van der Waals surface area (Å²) in [6.45, 7) is 2.01. The number of anilines is 1. The van der Waals surface area contributed by atoms with Gasteiger partial charge in [0.15, 0.2) is 4.67 Å². The highest BCUT2D eigenvalue weighted by molar-refractivity contribution is 9.10. The Bertz CT molecular complexity index is 527. The van der Waals surface area contributed by atoms with Crippen LogP contribution in [-0.2, 0) is 0 Å². The van der Waals surface area contributed by atoms with E-state index in [1.165, 1.54) is 0 Å². The summed E-state index contributed by atoms with van der Waals surface area (Å²) in [5.74, 6) is 0.850. The van der Waals surface area contributed by atoms with Crippen molar-refractivity contribution in [2.45, 2.75) is 13.0 Å². The van der Waals surface area contributed by atoms with Crippen LogP contribution in [0.3, 0.4) is 0 Å². The van der Waals surface area contributed by atoms with Crippen LogP contribution >= 0.6 is 39.1 Å². The van der Waals surface area contributed by atoms with Gasteiger partial charge < -0.3 is 9.73 Å². The SMILES string of the molecule is CC(Nc1ccc(Cl)c(Cl)c1)c1ccc(Br)o1. The van der Waals surface area contributed by atoms with Crippen molar-refractivity contribution in [3.8, 4) is 0 Å². The molecule has 1 N–H and O–H groups in total. The quantitative estimate of drug-likeness (QED) is 0.799. The predicted octanol–water partition coefficient (Wildman–Crippen LogP) is 5.52. The fourth-order valence-electron chi connectivity index (χ4n) is 1.47. The molecule has 0 aliphatic carbocycles. The predicted molar refractivity (Wildman–Crippen MR) is 74.9 cm³/mol. The van der Waals surface area contributed by atoms with E-state index in [1.54, 1.807) is 12.1 Å². The lowest BCUT2D eigenvalue weighted by molar-refractivity contribution is 0.471. The maximum absolute atomic E-state index is 5.94. The highest BCUT2D eigenvalue weighted by Gasteiger charge is 2.10. The molecular weight excluding hydrogens is 325 g/mol. The summed E-state index contributed by atoms with van der Waals surface area (Å²) in [7, 11) is 0. The number of hydrogen-bond acceptors (Lipinski definition) is 2. The Balaban J connectivity index is 2.12.